The summed E-state index contributed by atoms with van der Waals surface area (Å²) in [6, 6.07) is 19.3. The molecule has 0 aliphatic carbocycles. The largest absolute Gasteiger partial charge is 0.493 e. The average molecular weight is 414 g/mol. The second kappa shape index (κ2) is 8.48. The molecule has 0 atom stereocenters. The maximum absolute atomic E-state index is 12.9. The quantitative estimate of drug-likeness (QED) is 0.310. The SMILES string of the molecule is CCOc1cc(-c2ccc(OC(=O)c3ccccc3)cc2)cc(=O)c2c(C)oc(C)c12. The fraction of sp³-hybridized carbons (Fsp3) is 0.154. The van der Waals surface area contributed by atoms with E-state index in [0.29, 0.717) is 51.5 Å². The number of carbonyl (C=O) groups excluding carboxylic acids is 1. The molecule has 0 saturated carbocycles. The average Bonchev–Trinajstić information content (AvgIpc) is 2.98. The van der Waals surface area contributed by atoms with Gasteiger partial charge in [-0.25, -0.2) is 4.79 Å². The van der Waals surface area contributed by atoms with Crippen LogP contribution in [0.2, 0.25) is 0 Å². The molecule has 0 saturated heterocycles. The number of hydrogen-bond donors (Lipinski definition) is 0. The highest BCUT2D eigenvalue weighted by Gasteiger charge is 2.16. The molecule has 0 spiro atoms. The number of fused-ring (bicyclic) bond motifs is 1. The van der Waals surface area contributed by atoms with E-state index in [-0.39, 0.29) is 5.43 Å². The smallest absolute Gasteiger partial charge is 0.343 e. The molecule has 1 aromatic heterocycles. The topological polar surface area (TPSA) is 65.7 Å². The van der Waals surface area contributed by atoms with Gasteiger partial charge >= 0.3 is 5.97 Å². The normalized spacial score (nSPS) is 10.8. The van der Waals surface area contributed by atoms with Crippen molar-refractivity contribution in [1.82, 2.24) is 0 Å². The zero-order valence-electron chi connectivity index (χ0n) is 17.6. The molecular formula is C26H22O5. The lowest BCUT2D eigenvalue weighted by Gasteiger charge is -2.06. The van der Waals surface area contributed by atoms with Crippen molar-refractivity contribution >= 4 is 16.7 Å². The van der Waals surface area contributed by atoms with E-state index in [1.165, 1.54) is 0 Å². The van der Waals surface area contributed by atoms with Crippen molar-refractivity contribution in [2.45, 2.75) is 20.8 Å². The minimum atomic E-state index is -0.423. The van der Waals surface area contributed by atoms with Gasteiger partial charge in [0.1, 0.15) is 23.0 Å². The Morgan fingerprint density at radius 3 is 2.23 bits per heavy atom. The fourth-order valence-electron chi connectivity index (χ4n) is 3.64. The molecule has 3 aromatic carbocycles. The Balaban J connectivity index is 1.72. The lowest BCUT2D eigenvalue weighted by atomic mass is 10.1. The van der Waals surface area contributed by atoms with Crippen LogP contribution in [0.1, 0.15) is 28.8 Å². The van der Waals surface area contributed by atoms with Crippen LogP contribution in [0, 0.1) is 13.8 Å². The van der Waals surface area contributed by atoms with Crippen LogP contribution in [0.15, 0.2) is 75.9 Å². The van der Waals surface area contributed by atoms with Crippen molar-refractivity contribution in [3.8, 4) is 22.6 Å². The summed E-state index contributed by atoms with van der Waals surface area (Å²) in [7, 11) is 0. The van der Waals surface area contributed by atoms with Crippen molar-refractivity contribution in [3.05, 3.63) is 94.0 Å². The minimum Gasteiger partial charge on any atom is -0.493 e. The van der Waals surface area contributed by atoms with Crippen molar-refractivity contribution in [1.29, 1.82) is 0 Å². The first-order chi connectivity index (χ1) is 15.0. The second-order valence-corrected chi connectivity index (χ2v) is 7.15. The Bertz CT molecular complexity index is 1300. The van der Waals surface area contributed by atoms with Crippen LogP contribution in [0.25, 0.3) is 21.9 Å². The monoisotopic (exact) mass is 414 g/mol. The van der Waals surface area contributed by atoms with Crippen LogP contribution in [-0.4, -0.2) is 12.6 Å². The van der Waals surface area contributed by atoms with Gasteiger partial charge in [-0.1, -0.05) is 30.3 Å². The molecule has 0 N–H and O–H groups in total. The van der Waals surface area contributed by atoms with Crippen molar-refractivity contribution in [3.63, 3.8) is 0 Å². The number of rotatable bonds is 5. The van der Waals surface area contributed by atoms with E-state index >= 15 is 0 Å². The van der Waals surface area contributed by atoms with Crippen LogP contribution in [0.3, 0.4) is 0 Å². The molecule has 0 radical (unpaired) electrons. The van der Waals surface area contributed by atoms with E-state index < -0.39 is 5.97 Å². The molecule has 1 heterocycles. The molecule has 0 amide bonds. The highest BCUT2D eigenvalue weighted by molar-refractivity contribution is 5.93. The predicted octanol–water partition coefficient (Wildman–Crippen LogP) is 5.69. The van der Waals surface area contributed by atoms with Gasteiger partial charge in [0.15, 0.2) is 5.43 Å². The van der Waals surface area contributed by atoms with Gasteiger partial charge in [-0.3, -0.25) is 4.79 Å². The third-order valence-corrected chi connectivity index (χ3v) is 5.03. The molecule has 0 unspecified atom stereocenters. The molecule has 5 nitrogen and oxygen atoms in total. The number of carbonyl (C=O) groups is 1. The van der Waals surface area contributed by atoms with Crippen LogP contribution >= 0.6 is 0 Å². The van der Waals surface area contributed by atoms with E-state index in [9.17, 15) is 9.59 Å². The van der Waals surface area contributed by atoms with E-state index in [0.717, 1.165) is 5.56 Å². The van der Waals surface area contributed by atoms with Crippen LogP contribution < -0.4 is 14.9 Å². The Hall–Kier alpha value is -3.86. The zero-order chi connectivity index (χ0) is 22.0. The van der Waals surface area contributed by atoms with Gasteiger partial charge in [0, 0.05) is 0 Å². The molecule has 0 bridgehead atoms. The minimum absolute atomic E-state index is 0.134. The second-order valence-electron chi connectivity index (χ2n) is 7.15. The summed E-state index contributed by atoms with van der Waals surface area (Å²) in [5.41, 5.74) is 1.87. The van der Waals surface area contributed by atoms with Gasteiger partial charge in [-0.2, -0.15) is 0 Å². The summed E-state index contributed by atoms with van der Waals surface area (Å²) in [5.74, 6) is 1.83. The van der Waals surface area contributed by atoms with Crippen LogP contribution in [0.4, 0.5) is 0 Å². The maximum Gasteiger partial charge on any atom is 0.343 e. The lowest BCUT2D eigenvalue weighted by molar-refractivity contribution is 0.0735. The number of furan rings is 1. The molecule has 4 rings (SSSR count). The molecule has 4 aromatic rings. The Labute approximate surface area is 179 Å². The lowest BCUT2D eigenvalue weighted by Crippen LogP contribution is -2.07. The number of esters is 1. The summed E-state index contributed by atoms with van der Waals surface area (Å²) >= 11 is 0. The number of aryl methyl sites for hydroxylation is 2. The fourth-order valence-corrected chi connectivity index (χ4v) is 3.64. The van der Waals surface area contributed by atoms with E-state index in [4.69, 9.17) is 13.9 Å². The third kappa shape index (κ3) is 4.08. The third-order valence-electron chi connectivity index (χ3n) is 5.03. The highest BCUT2D eigenvalue weighted by Crippen LogP contribution is 2.33. The molecule has 156 valence electrons. The van der Waals surface area contributed by atoms with Crippen LogP contribution in [-0.2, 0) is 0 Å². The number of ether oxygens (including phenoxy) is 2. The van der Waals surface area contributed by atoms with Gasteiger partial charge in [0.05, 0.1) is 22.9 Å². The van der Waals surface area contributed by atoms with E-state index in [2.05, 4.69) is 0 Å². The molecule has 0 aliphatic rings. The first-order valence-electron chi connectivity index (χ1n) is 10.1. The predicted molar refractivity (Wildman–Crippen MR) is 120 cm³/mol. The van der Waals surface area contributed by atoms with E-state index in [1.807, 2.05) is 38.1 Å². The van der Waals surface area contributed by atoms with Gasteiger partial charge < -0.3 is 13.9 Å². The molecular weight excluding hydrogens is 392 g/mol. The molecule has 5 heteroatoms. The van der Waals surface area contributed by atoms with Gasteiger partial charge in [-0.05, 0) is 68.3 Å². The summed E-state index contributed by atoms with van der Waals surface area (Å²) in [4.78, 5) is 25.2. The molecule has 0 fully saturated rings. The van der Waals surface area contributed by atoms with Crippen molar-refractivity contribution in [2.24, 2.45) is 0 Å². The molecule has 0 aliphatic heterocycles. The summed E-state index contributed by atoms with van der Waals surface area (Å²) < 4.78 is 17.0. The Morgan fingerprint density at radius 2 is 1.55 bits per heavy atom. The van der Waals surface area contributed by atoms with Crippen LogP contribution in [0.5, 0.6) is 11.5 Å². The molecule has 31 heavy (non-hydrogen) atoms. The van der Waals surface area contributed by atoms with Crippen molar-refractivity contribution < 1.29 is 18.7 Å². The van der Waals surface area contributed by atoms with Gasteiger partial charge in [0.25, 0.3) is 0 Å². The summed E-state index contributed by atoms with van der Waals surface area (Å²) in [6.45, 7) is 5.97. The standard InChI is InChI=1S/C26H22O5/c1-4-29-23-15-20(14-22(27)24-16(2)30-17(3)25(23)24)18-10-12-21(13-11-18)31-26(28)19-8-6-5-7-9-19/h5-15H,4H2,1-3H3. The van der Waals surface area contributed by atoms with Gasteiger partial charge in [0.2, 0.25) is 0 Å². The first kappa shape index (κ1) is 20.4. The van der Waals surface area contributed by atoms with E-state index in [1.54, 1.807) is 49.4 Å². The number of benzene rings is 2. The zero-order valence-corrected chi connectivity index (χ0v) is 17.6. The Kier molecular flexibility index (Phi) is 5.58. The summed E-state index contributed by atoms with van der Waals surface area (Å²) in [5, 5.41) is 1.23. The highest BCUT2D eigenvalue weighted by atomic mass is 16.5. The Morgan fingerprint density at radius 1 is 0.871 bits per heavy atom. The van der Waals surface area contributed by atoms with Gasteiger partial charge in [-0.15, -0.1) is 0 Å². The summed E-state index contributed by atoms with van der Waals surface area (Å²) in [6.07, 6.45) is 0. The van der Waals surface area contributed by atoms with Crippen molar-refractivity contribution in [2.75, 3.05) is 6.61 Å². The number of hydrogen-bond acceptors (Lipinski definition) is 5. The first-order valence-corrected chi connectivity index (χ1v) is 10.1. The maximum atomic E-state index is 12.9.